The number of carbonyl (C=O) groups excluding carboxylic acids is 1. The van der Waals surface area contributed by atoms with Crippen molar-refractivity contribution in [2.24, 2.45) is 0 Å². The average Bonchev–Trinajstić information content (AvgIpc) is 2.86. The van der Waals surface area contributed by atoms with Gasteiger partial charge in [-0.25, -0.2) is 9.18 Å². The smallest absolute Gasteiger partial charge is 0.339 e. The first-order valence-electron chi connectivity index (χ1n) is 10.6. The SMILES string of the molecule is COc1ccc(CCN(Cc2ccc(F)cc2)C(=O)COc2c(OC)cccc2C(=O)O)cc1. The van der Waals surface area contributed by atoms with Crippen LogP contribution >= 0.6 is 0 Å². The van der Waals surface area contributed by atoms with Crippen molar-refractivity contribution in [2.45, 2.75) is 13.0 Å². The van der Waals surface area contributed by atoms with Gasteiger partial charge in [0.1, 0.15) is 17.1 Å². The molecular formula is C26H26FNO6. The molecule has 0 fully saturated rings. The van der Waals surface area contributed by atoms with Gasteiger partial charge in [0.25, 0.3) is 5.91 Å². The van der Waals surface area contributed by atoms with Crippen molar-refractivity contribution in [2.75, 3.05) is 27.4 Å². The Hall–Kier alpha value is -4.07. The number of halogens is 1. The number of carbonyl (C=O) groups is 2. The van der Waals surface area contributed by atoms with Crippen LogP contribution < -0.4 is 14.2 Å². The summed E-state index contributed by atoms with van der Waals surface area (Å²) in [5.41, 5.74) is 1.67. The number of carboxylic acid groups (broad SMARTS) is 1. The summed E-state index contributed by atoms with van der Waals surface area (Å²) in [6, 6.07) is 17.9. The number of hydrogen-bond acceptors (Lipinski definition) is 5. The number of ether oxygens (including phenoxy) is 3. The van der Waals surface area contributed by atoms with Gasteiger partial charge in [-0.2, -0.15) is 0 Å². The number of para-hydroxylation sites is 1. The molecule has 0 aliphatic heterocycles. The first-order chi connectivity index (χ1) is 16.4. The van der Waals surface area contributed by atoms with Gasteiger partial charge in [0.2, 0.25) is 0 Å². The highest BCUT2D eigenvalue weighted by atomic mass is 19.1. The third-order valence-electron chi connectivity index (χ3n) is 5.24. The zero-order chi connectivity index (χ0) is 24.5. The highest BCUT2D eigenvalue weighted by Gasteiger charge is 2.20. The number of aromatic carboxylic acids is 1. The molecule has 0 radical (unpaired) electrons. The number of rotatable bonds is 11. The van der Waals surface area contributed by atoms with Gasteiger partial charge in [0.05, 0.1) is 14.2 Å². The minimum absolute atomic E-state index is 0.0114. The van der Waals surface area contributed by atoms with Crippen LogP contribution in [0.15, 0.2) is 66.7 Å². The van der Waals surface area contributed by atoms with Gasteiger partial charge in [-0.1, -0.05) is 30.3 Å². The molecule has 0 spiro atoms. The van der Waals surface area contributed by atoms with Crippen LogP contribution in [0.2, 0.25) is 0 Å². The normalized spacial score (nSPS) is 10.4. The molecule has 0 unspecified atom stereocenters. The molecule has 3 aromatic carbocycles. The van der Waals surface area contributed by atoms with E-state index >= 15 is 0 Å². The van der Waals surface area contributed by atoms with Crippen LogP contribution in [0.1, 0.15) is 21.5 Å². The van der Waals surface area contributed by atoms with Crippen molar-refractivity contribution in [3.63, 3.8) is 0 Å². The molecule has 3 aromatic rings. The van der Waals surface area contributed by atoms with Gasteiger partial charge < -0.3 is 24.2 Å². The Morgan fingerprint density at radius 1 is 0.912 bits per heavy atom. The Labute approximate surface area is 197 Å². The highest BCUT2D eigenvalue weighted by Crippen LogP contribution is 2.31. The van der Waals surface area contributed by atoms with E-state index in [-0.39, 0.29) is 41.9 Å². The van der Waals surface area contributed by atoms with Crippen LogP contribution in [0.4, 0.5) is 4.39 Å². The quantitative estimate of drug-likeness (QED) is 0.455. The first kappa shape index (κ1) is 24.6. The molecule has 0 aliphatic rings. The molecule has 8 heteroatoms. The van der Waals surface area contributed by atoms with E-state index in [1.807, 2.05) is 24.3 Å². The standard InChI is InChI=1S/C26H26FNO6/c1-32-21-12-8-18(9-13-21)14-15-28(16-19-6-10-20(27)11-7-19)24(29)17-34-25-22(26(30)31)4-3-5-23(25)33-2/h3-13H,14-17H2,1-2H3,(H,30,31). The van der Waals surface area contributed by atoms with Crippen molar-refractivity contribution < 1.29 is 33.3 Å². The van der Waals surface area contributed by atoms with E-state index in [2.05, 4.69) is 0 Å². The molecule has 0 saturated carbocycles. The van der Waals surface area contributed by atoms with Crippen molar-refractivity contribution in [1.82, 2.24) is 4.90 Å². The summed E-state index contributed by atoms with van der Waals surface area (Å²) < 4.78 is 29.3. The van der Waals surface area contributed by atoms with Crippen molar-refractivity contribution in [3.05, 3.63) is 89.2 Å². The van der Waals surface area contributed by atoms with E-state index < -0.39 is 5.97 Å². The van der Waals surface area contributed by atoms with Crippen LogP contribution in [-0.2, 0) is 17.8 Å². The van der Waals surface area contributed by atoms with Crippen LogP contribution in [0.25, 0.3) is 0 Å². The Balaban J connectivity index is 1.75. The third-order valence-corrected chi connectivity index (χ3v) is 5.24. The molecule has 0 atom stereocenters. The summed E-state index contributed by atoms with van der Waals surface area (Å²) in [4.78, 5) is 26.3. The van der Waals surface area contributed by atoms with Crippen molar-refractivity contribution in [1.29, 1.82) is 0 Å². The number of methoxy groups -OCH3 is 2. The summed E-state index contributed by atoms with van der Waals surface area (Å²) in [6.45, 7) is 0.240. The van der Waals surface area contributed by atoms with Gasteiger partial charge in [-0.3, -0.25) is 4.79 Å². The molecule has 1 amide bonds. The number of hydrogen-bond donors (Lipinski definition) is 1. The maximum Gasteiger partial charge on any atom is 0.339 e. The fourth-order valence-electron chi connectivity index (χ4n) is 3.38. The topological polar surface area (TPSA) is 85.3 Å². The minimum atomic E-state index is -1.19. The lowest BCUT2D eigenvalue weighted by Gasteiger charge is -2.24. The third kappa shape index (κ3) is 6.48. The number of benzene rings is 3. The Bertz CT molecular complexity index is 1120. The zero-order valence-electron chi connectivity index (χ0n) is 19.0. The monoisotopic (exact) mass is 467 g/mol. The second kappa shape index (κ2) is 11.7. The summed E-state index contributed by atoms with van der Waals surface area (Å²) in [7, 11) is 2.99. The van der Waals surface area contributed by atoms with E-state index in [1.165, 1.54) is 31.4 Å². The number of amides is 1. The van der Waals surface area contributed by atoms with Gasteiger partial charge in [-0.15, -0.1) is 0 Å². The molecule has 0 heterocycles. The van der Waals surface area contributed by atoms with E-state index in [0.717, 1.165) is 16.9 Å². The molecule has 178 valence electrons. The lowest BCUT2D eigenvalue weighted by molar-refractivity contribution is -0.134. The van der Waals surface area contributed by atoms with Gasteiger partial charge in [0, 0.05) is 13.1 Å². The lowest BCUT2D eigenvalue weighted by Crippen LogP contribution is -2.36. The second-order valence-electron chi connectivity index (χ2n) is 7.47. The molecule has 0 saturated heterocycles. The summed E-state index contributed by atoms with van der Waals surface area (Å²) in [5.74, 6) is -0.953. The van der Waals surface area contributed by atoms with E-state index in [0.29, 0.717) is 13.0 Å². The molecule has 0 bridgehead atoms. The molecular weight excluding hydrogens is 441 g/mol. The second-order valence-corrected chi connectivity index (χ2v) is 7.47. The first-order valence-corrected chi connectivity index (χ1v) is 10.6. The van der Waals surface area contributed by atoms with E-state index in [9.17, 15) is 19.1 Å². The Kier molecular flexibility index (Phi) is 8.45. The fourth-order valence-corrected chi connectivity index (χ4v) is 3.38. The summed E-state index contributed by atoms with van der Waals surface area (Å²) in [6.07, 6.45) is 0.575. The van der Waals surface area contributed by atoms with E-state index in [4.69, 9.17) is 14.2 Å². The van der Waals surface area contributed by atoms with E-state index in [1.54, 1.807) is 30.2 Å². The fraction of sp³-hybridized carbons (Fsp3) is 0.231. The maximum atomic E-state index is 13.3. The average molecular weight is 467 g/mol. The molecule has 3 rings (SSSR count). The predicted octanol–water partition coefficient (Wildman–Crippen LogP) is 4.19. The number of nitrogens with zero attached hydrogens (tertiary/aromatic N) is 1. The van der Waals surface area contributed by atoms with Crippen molar-refractivity contribution >= 4 is 11.9 Å². The van der Waals surface area contributed by atoms with Gasteiger partial charge in [-0.05, 0) is 53.9 Å². The van der Waals surface area contributed by atoms with Crippen LogP contribution in [0, 0.1) is 5.82 Å². The maximum absolute atomic E-state index is 13.3. The molecule has 34 heavy (non-hydrogen) atoms. The van der Waals surface area contributed by atoms with Gasteiger partial charge in [0.15, 0.2) is 18.1 Å². The summed E-state index contributed by atoms with van der Waals surface area (Å²) in [5, 5.41) is 9.45. The number of carboxylic acids is 1. The predicted molar refractivity (Wildman–Crippen MR) is 124 cm³/mol. The largest absolute Gasteiger partial charge is 0.497 e. The summed E-state index contributed by atoms with van der Waals surface area (Å²) >= 11 is 0. The van der Waals surface area contributed by atoms with Crippen LogP contribution in [-0.4, -0.2) is 49.3 Å². The molecule has 0 aliphatic carbocycles. The lowest BCUT2D eigenvalue weighted by atomic mass is 10.1. The van der Waals surface area contributed by atoms with Crippen LogP contribution in [0.3, 0.4) is 0 Å². The molecule has 1 N–H and O–H groups in total. The van der Waals surface area contributed by atoms with Crippen molar-refractivity contribution in [3.8, 4) is 17.2 Å². The van der Waals surface area contributed by atoms with Crippen LogP contribution in [0.5, 0.6) is 17.2 Å². The van der Waals surface area contributed by atoms with Gasteiger partial charge >= 0.3 is 5.97 Å². The Morgan fingerprint density at radius 2 is 1.59 bits per heavy atom. The molecule has 7 nitrogen and oxygen atoms in total. The Morgan fingerprint density at radius 3 is 2.21 bits per heavy atom. The molecule has 0 aromatic heterocycles. The highest BCUT2D eigenvalue weighted by molar-refractivity contribution is 5.92. The zero-order valence-corrected chi connectivity index (χ0v) is 19.0. The minimum Gasteiger partial charge on any atom is -0.497 e.